The van der Waals surface area contributed by atoms with E-state index < -0.39 is 10.0 Å². The molecule has 8 heteroatoms. The van der Waals surface area contributed by atoms with Crippen molar-refractivity contribution in [2.24, 2.45) is 0 Å². The van der Waals surface area contributed by atoms with E-state index in [1.165, 1.54) is 36.6 Å². The molecule has 102 valence electrons. The maximum atomic E-state index is 12.2. The minimum absolute atomic E-state index is 0.0250. The summed E-state index contributed by atoms with van der Waals surface area (Å²) in [6, 6.07) is 4.36. The lowest BCUT2D eigenvalue weighted by atomic mass is 10.3. The molecule has 0 amide bonds. The van der Waals surface area contributed by atoms with Crippen molar-refractivity contribution in [3.63, 3.8) is 0 Å². The van der Waals surface area contributed by atoms with Gasteiger partial charge in [-0.2, -0.15) is 0 Å². The molecular weight excluding hydrogens is 286 g/mol. The number of methoxy groups -OCH3 is 1. The number of sulfonamides is 1. The van der Waals surface area contributed by atoms with Crippen molar-refractivity contribution < 1.29 is 13.2 Å². The Balaban J connectivity index is 2.39. The van der Waals surface area contributed by atoms with Gasteiger partial charge in [-0.1, -0.05) is 0 Å². The molecule has 0 aliphatic rings. The van der Waals surface area contributed by atoms with Crippen LogP contribution in [0.4, 0.5) is 10.8 Å². The van der Waals surface area contributed by atoms with Gasteiger partial charge in [0.05, 0.1) is 7.11 Å². The van der Waals surface area contributed by atoms with Gasteiger partial charge < -0.3 is 10.5 Å². The van der Waals surface area contributed by atoms with Crippen LogP contribution in [0.3, 0.4) is 0 Å². The summed E-state index contributed by atoms with van der Waals surface area (Å²) in [6.45, 7) is 1.85. The van der Waals surface area contributed by atoms with Gasteiger partial charge in [-0.15, -0.1) is 11.3 Å². The first kappa shape index (κ1) is 13.6. The molecule has 0 unspecified atom stereocenters. The molecule has 3 N–H and O–H groups in total. The standard InChI is InChI=1S/C11H13N3O3S2/c1-7-6-13-11(18-7)14-19(15,16)10-4-3-8(12)5-9(10)17-2/h3-6H,12H2,1-2H3,(H,13,14). The highest BCUT2D eigenvalue weighted by atomic mass is 32.2. The molecule has 19 heavy (non-hydrogen) atoms. The Bertz CT molecular complexity index is 695. The molecule has 6 nitrogen and oxygen atoms in total. The predicted octanol–water partition coefficient (Wildman–Crippen LogP) is 1.84. The number of aromatic nitrogens is 1. The fraction of sp³-hybridized carbons (Fsp3) is 0.182. The highest BCUT2D eigenvalue weighted by molar-refractivity contribution is 7.93. The van der Waals surface area contributed by atoms with E-state index in [-0.39, 0.29) is 10.6 Å². The molecule has 0 aliphatic carbocycles. The molecule has 1 aromatic heterocycles. The molecule has 0 radical (unpaired) electrons. The number of thiazole rings is 1. The Hall–Kier alpha value is -1.80. The Morgan fingerprint density at radius 2 is 2.16 bits per heavy atom. The smallest absolute Gasteiger partial charge is 0.267 e. The number of rotatable bonds is 4. The van der Waals surface area contributed by atoms with Gasteiger partial charge in [0.2, 0.25) is 0 Å². The van der Waals surface area contributed by atoms with Crippen molar-refractivity contribution >= 4 is 32.2 Å². The van der Waals surface area contributed by atoms with Crippen LogP contribution in [0.15, 0.2) is 29.3 Å². The average molecular weight is 299 g/mol. The van der Waals surface area contributed by atoms with E-state index in [9.17, 15) is 8.42 Å². The monoisotopic (exact) mass is 299 g/mol. The van der Waals surface area contributed by atoms with Crippen LogP contribution < -0.4 is 15.2 Å². The first-order valence-corrected chi connectivity index (χ1v) is 7.61. The largest absolute Gasteiger partial charge is 0.495 e. The van der Waals surface area contributed by atoms with Crippen molar-refractivity contribution in [2.75, 3.05) is 17.6 Å². The van der Waals surface area contributed by atoms with E-state index in [1.54, 1.807) is 6.20 Å². The molecule has 0 saturated heterocycles. The third-order valence-electron chi connectivity index (χ3n) is 2.32. The van der Waals surface area contributed by atoms with Crippen molar-refractivity contribution in [2.45, 2.75) is 11.8 Å². The zero-order valence-electron chi connectivity index (χ0n) is 10.4. The highest BCUT2D eigenvalue weighted by Crippen LogP contribution is 2.28. The van der Waals surface area contributed by atoms with Crippen LogP contribution in [0.2, 0.25) is 0 Å². The lowest BCUT2D eigenvalue weighted by Gasteiger charge is -2.10. The third kappa shape index (κ3) is 2.96. The highest BCUT2D eigenvalue weighted by Gasteiger charge is 2.20. The fourth-order valence-electron chi connectivity index (χ4n) is 1.48. The summed E-state index contributed by atoms with van der Waals surface area (Å²) in [7, 11) is -2.35. The average Bonchev–Trinajstić information content (AvgIpc) is 2.73. The Kier molecular flexibility index (Phi) is 3.63. The number of ether oxygens (including phenoxy) is 1. The van der Waals surface area contributed by atoms with Crippen LogP contribution in [-0.4, -0.2) is 20.5 Å². The second kappa shape index (κ2) is 5.06. The Morgan fingerprint density at radius 1 is 1.42 bits per heavy atom. The van der Waals surface area contributed by atoms with Gasteiger partial charge in [0.25, 0.3) is 10.0 Å². The minimum atomic E-state index is -3.74. The van der Waals surface area contributed by atoms with Gasteiger partial charge in [-0.25, -0.2) is 13.4 Å². The molecule has 0 fully saturated rings. The Morgan fingerprint density at radius 3 is 2.74 bits per heavy atom. The minimum Gasteiger partial charge on any atom is -0.495 e. The molecule has 2 rings (SSSR count). The van der Waals surface area contributed by atoms with E-state index in [1.807, 2.05) is 6.92 Å². The Labute approximate surface area is 115 Å². The van der Waals surface area contributed by atoms with Crippen molar-refractivity contribution in [1.29, 1.82) is 0 Å². The second-order valence-electron chi connectivity index (χ2n) is 3.79. The molecule has 1 aromatic carbocycles. The summed E-state index contributed by atoms with van der Waals surface area (Å²) in [5.41, 5.74) is 6.03. The van der Waals surface area contributed by atoms with E-state index in [4.69, 9.17) is 10.5 Å². The summed E-state index contributed by atoms with van der Waals surface area (Å²) in [4.78, 5) is 4.91. The van der Waals surface area contributed by atoms with Crippen molar-refractivity contribution in [1.82, 2.24) is 4.98 Å². The topological polar surface area (TPSA) is 94.3 Å². The zero-order valence-corrected chi connectivity index (χ0v) is 12.0. The van der Waals surface area contributed by atoms with E-state index >= 15 is 0 Å². The van der Waals surface area contributed by atoms with Gasteiger partial charge in [-0.3, -0.25) is 4.72 Å². The number of aryl methyl sites for hydroxylation is 1. The second-order valence-corrected chi connectivity index (χ2v) is 6.68. The maximum Gasteiger partial charge on any atom is 0.267 e. The van der Waals surface area contributed by atoms with Crippen molar-refractivity contribution in [3.8, 4) is 5.75 Å². The summed E-state index contributed by atoms with van der Waals surface area (Å²) in [5.74, 6) is 0.195. The number of anilines is 2. The maximum absolute atomic E-state index is 12.2. The molecule has 0 atom stereocenters. The molecule has 0 saturated carbocycles. The van der Waals surface area contributed by atoms with Crippen LogP contribution in [0.5, 0.6) is 5.75 Å². The first-order chi connectivity index (χ1) is 8.92. The summed E-state index contributed by atoms with van der Waals surface area (Å²) < 4.78 is 31.9. The van der Waals surface area contributed by atoms with Crippen LogP contribution in [0, 0.1) is 6.92 Å². The lowest BCUT2D eigenvalue weighted by Crippen LogP contribution is -2.14. The molecule has 0 bridgehead atoms. The quantitative estimate of drug-likeness (QED) is 0.840. The van der Waals surface area contributed by atoms with Crippen molar-refractivity contribution in [3.05, 3.63) is 29.3 Å². The summed E-state index contributed by atoms with van der Waals surface area (Å²) >= 11 is 1.26. The normalized spacial score (nSPS) is 11.3. The number of benzene rings is 1. The number of nitrogens with zero attached hydrogens (tertiary/aromatic N) is 1. The zero-order chi connectivity index (χ0) is 14.0. The van der Waals surface area contributed by atoms with Gasteiger partial charge in [0, 0.05) is 22.8 Å². The van der Waals surface area contributed by atoms with Gasteiger partial charge in [0.1, 0.15) is 10.6 Å². The molecule has 0 spiro atoms. The predicted molar refractivity (Wildman–Crippen MR) is 75.1 cm³/mol. The summed E-state index contributed by atoms with van der Waals surface area (Å²) in [6.07, 6.45) is 1.60. The third-order valence-corrected chi connectivity index (χ3v) is 4.66. The van der Waals surface area contributed by atoms with Gasteiger partial charge in [-0.05, 0) is 19.1 Å². The van der Waals surface area contributed by atoms with E-state index in [0.717, 1.165) is 4.88 Å². The van der Waals surface area contributed by atoms with Crippen LogP contribution in [0.1, 0.15) is 4.88 Å². The molecule has 0 aliphatic heterocycles. The molecular formula is C11H13N3O3S2. The molecule has 2 aromatic rings. The van der Waals surface area contributed by atoms with Gasteiger partial charge >= 0.3 is 0 Å². The molecule has 1 heterocycles. The number of hydrogen-bond donors (Lipinski definition) is 2. The van der Waals surface area contributed by atoms with Crippen LogP contribution >= 0.6 is 11.3 Å². The van der Waals surface area contributed by atoms with Gasteiger partial charge in [0.15, 0.2) is 5.13 Å². The SMILES string of the molecule is COc1cc(N)ccc1S(=O)(=O)Nc1ncc(C)s1. The number of hydrogen-bond acceptors (Lipinski definition) is 6. The van der Waals surface area contributed by atoms with Crippen LogP contribution in [-0.2, 0) is 10.0 Å². The van der Waals surface area contributed by atoms with Crippen LogP contribution in [0.25, 0.3) is 0 Å². The number of nitrogens with two attached hydrogens (primary N) is 1. The van der Waals surface area contributed by atoms with E-state index in [0.29, 0.717) is 10.8 Å². The number of nitrogens with one attached hydrogen (secondary N) is 1. The summed E-state index contributed by atoms with van der Waals surface area (Å²) in [5, 5.41) is 0.316. The number of nitrogen functional groups attached to an aromatic ring is 1. The van der Waals surface area contributed by atoms with E-state index in [2.05, 4.69) is 9.71 Å². The first-order valence-electron chi connectivity index (χ1n) is 5.31. The lowest BCUT2D eigenvalue weighted by molar-refractivity contribution is 0.403. The fourth-order valence-corrected chi connectivity index (χ4v) is 3.54.